The van der Waals surface area contributed by atoms with Crippen LogP contribution in [0.25, 0.3) is 5.76 Å². The molecule has 37 heavy (non-hydrogen) atoms. The molecule has 1 saturated heterocycles. The summed E-state index contributed by atoms with van der Waals surface area (Å²) in [5.41, 5.74) is 2.28. The van der Waals surface area contributed by atoms with Crippen LogP contribution in [0.15, 0.2) is 72.3 Å². The fourth-order valence-corrected chi connectivity index (χ4v) is 4.53. The number of hydrogen-bond acceptors (Lipinski definition) is 6. The number of hydrogen-bond donors (Lipinski definition) is 1. The molecule has 0 saturated carbocycles. The Morgan fingerprint density at radius 1 is 0.919 bits per heavy atom. The SMILES string of the molecule is CCOc1ccc(N2C(=O)C(=O)/C(=C(/O)c3cc(OCC)ccc3Cl)C2c2ccc(N(C)C)cc2)cc1. The monoisotopic (exact) mass is 520 g/mol. The van der Waals surface area contributed by atoms with E-state index in [1.807, 2.05) is 57.1 Å². The zero-order valence-electron chi connectivity index (χ0n) is 21.2. The molecule has 7 nitrogen and oxygen atoms in total. The van der Waals surface area contributed by atoms with Crippen molar-refractivity contribution in [3.63, 3.8) is 0 Å². The van der Waals surface area contributed by atoms with E-state index in [1.54, 1.807) is 42.5 Å². The highest BCUT2D eigenvalue weighted by molar-refractivity contribution is 6.52. The minimum atomic E-state index is -0.874. The Kier molecular flexibility index (Phi) is 7.74. The van der Waals surface area contributed by atoms with E-state index in [0.29, 0.717) is 36.0 Å². The van der Waals surface area contributed by atoms with E-state index in [4.69, 9.17) is 21.1 Å². The van der Waals surface area contributed by atoms with Gasteiger partial charge in [0.25, 0.3) is 11.7 Å². The molecule has 0 spiro atoms. The van der Waals surface area contributed by atoms with Gasteiger partial charge in [-0.15, -0.1) is 0 Å². The molecule has 3 aromatic carbocycles. The van der Waals surface area contributed by atoms with Gasteiger partial charge in [-0.3, -0.25) is 14.5 Å². The highest BCUT2D eigenvalue weighted by atomic mass is 35.5. The summed E-state index contributed by atoms with van der Waals surface area (Å²) in [6, 6.07) is 18.4. The van der Waals surface area contributed by atoms with Crippen molar-refractivity contribution in [1.29, 1.82) is 0 Å². The van der Waals surface area contributed by atoms with E-state index in [9.17, 15) is 14.7 Å². The van der Waals surface area contributed by atoms with E-state index in [2.05, 4.69) is 0 Å². The maximum atomic E-state index is 13.4. The molecule has 0 aromatic heterocycles. The summed E-state index contributed by atoms with van der Waals surface area (Å²) in [6.45, 7) is 4.65. The molecule has 1 unspecified atom stereocenters. The fourth-order valence-electron chi connectivity index (χ4n) is 4.33. The Morgan fingerprint density at radius 3 is 2.11 bits per heavy atom. The molecule has 1 fully saturated rings. The number of Topliss-reactive ketones (excluding diaryl/α,β-unsaturated/α-hetero) is 1. The summed E-state index contributed by atoms with van der Waals surface area (Å²) in [7, 11) is 3.85. The van der Waals surface area contributed by atoms with E-state index in [1.165, 1.54) is 4.90 Å². The summed E-state index contributed by atoms with van der Waals surface area (Å²) in [5, 5.41) is 11.7. The summed E-state index contributed by atoms with van der Waals surface area (Å²) in [5.74, 6) is -0.772. The molecule has 1 atom stereocenters. The number of halogens is 1. The van der Waals surface area contributed by atoms with Crippen molar-refractivity contribution in [2.45, 2.75) is 19.9 Å². The van der Waals surface area contributed by atoms with Crippen LogP contribution in [0.5, 0.6) is 11.5 Å². The minimum Gasteiger partial charge on any atom is -0.507 e. The number of ether oxygens (including phenoxy) is 2. The molecule has 1 aliphatic heterocycles. The Hall–Kier alpha value is -3.97. The van der Waals surface area contributed by atoms with Gasteiger partial charge in [0.2, 0.25) is 0 Å². The third-order valence-electron chi connectivity index (χ3n) is 6.10. The zero-order valence-corrected chi connectivity index (χ0v) is 22.0. The first-order chi connectivity index (χ1) is 17.8. The second-order valence-electron chi connectivity index (χ2n) is 8.66. The second kappa shape index (κ2) is 11.0. The van der Waals surface area contributed by atoms with Gasteiger partial charge >= 0.3 is 0 Å². The number of benzene rings is 3. The van der Waals surface area contributed by atoms with Crippen LogP contribution < -0.4 is 19.3 Å². The molecule has 0 bridgehead atoms. The minimum absolute atomic E-state index is 0.0490. The Labute approximate surface area is 221 Å². The fraction of sp³-hybridized carbons (Fsp3) is 0.241. The number of nitrogens with zero attached hydrogens (tertiary/aromatic N) is 2. The maximum absolute atomic E-state index is 13.4. The number of anilines is 2. The predicted octanol–water partition coefficient (Wildman–Crippen LogP) is 5.83. The Balaban J connectivity index is 1.90. The molecule has 4 rings (SSSR count). The van der Waals surface area contributed by atoms with Crippen LogP contribution in [0.2, 0.25) is 5.02 Å². The summed E-state index contributed by atoms with van der Waals surface area (Å²) in [4.78, 5) is 30.2. The normalized spacial score (nSPS) is 16.7. The predicted molar refractivity (Wildman–Crippen MR) is 146 cm³/mol. The first-order valence-corrected chi connectivity index (χ1v) is 12.4. The molecular weight excluding hydrogens is 492 g/mol. The van der Waals surface area contributed by atoms with Crippen LogP contribution in [0.3, 0.4) is 0 Å². The number of aliphatic hydroxyl groups is 1. The van der Waals surface area contributed by atoms with Crippen molar-refractivity contribution in [2.75, 3.05) is 37.1 Å². The standard InChI is InChI=1S/C29H29ClN2O5/c1-5-36-21-13-11-20(12-14-21)32-26(18-7-9-19(10-8-18)31(3)4)25(28(34)29(32)35)27(33)23-17-22(37-6-2)15-16-24(23)30/h7-17,26,33H,5-6H2,1-4H3/b27-25+. The highest BCUT2D eigenvalue weighted by Gasteiger charge is 2.47. The lowest BCUT2D eigenvalue weighted by Crippen LogP contribution is -2.29. The van der Waals surface area contributed by atoms with Gasteiger partial charge in [0.15, 0.2) is 0 Å². The van der Waals surface area contributed by atoms with Crippen molar-refractivity contribution >= 4 is 40.4 Å². The van der Waals surface area contributed by atoms with Crippen molar-refractivity contribution in [2.24, 2.45) is 0 Å². The summed E-state index contributed by atoms with van der Waals surface area (Å²) >= 11 is 6.42. The first-order valence-electron chi connectivity index (χ1n) is 12.0. The zero-order chi connectivity index (χ0) is 26.7. The van der Waals surface area contributed by atoms with Crippen LogP contribution >= 0.6 is 11.6 Å². The maximum Gasteiger partial charge on any atom is 0.300 e. The number of rotatable bonds is 8. The second-order valence-corrected chi connectivity index (χ2v) is 9.06. The van der Waals surface area contributed by atoms with Gasteiger partial charge in [-0.05, 0) is 74.0 Å². The van der Waals surface area contributed by atoms with E-state index in [0.717, 1.165) is 5.69 Å². The van der Waals surface area contributed by atoms with Gasteiger partial charge in [-0.1, -0.05) is 23.7 Å². The topological polar surface area (TPSA) is 79.3 Å². The first kappa shape index (κ1) is 26.1. The lowest BCUT2D eigenvalue weighted by Gasteiger charge is -2.26. The van der Waals surface area contributed by atoms with Crippen molar-refractivity contribution in [3.05, 3.63) is 88.5 Å². The van der Waals surface area contributed by atoms with Gasteiger partial charge in [0.1, 0.15) is 17.3 Å². The molecule has 0 aliphatic carbocycles. The van der Waals surface area contributed by atoms with Crippen molar-refractivity contribution in [3.8, 4) is 11.5 Å². The van der Waals surface area contributed by atoms with Crippen LogP contribution in [0, 0.1) is 0 Å². The number of carbonyl (C=O) groups is 2. The van der Waals surface area contributed by atoms with E-state index < -0.39 is 17.7 Å². The van der Waals surface area contributed by atoms with Crippen LogP contribution in [-0.4, -0.2) is 44.1 Å². The molecule has 1 amide bonds. The molecule has 8 heteroatoms. The van der Waals surface area contributed by atoms with Crippen LogP contribution in [0.1, 0.15) is 31.0 Å². The summed E-state index contributed by atoms with van der Waals surface area (Å²) < 4.78 is 11.1. The molecule has 1 heterocycles. The average Bonchev–Trinajstić information content (AvgIpc) is 3.16. The summed E-state index contributed by atoms with van der Waals surface area (Å²) in [6.07, 6.45) is 0. The van der Waals surface area contributed by atoms with Gasteiger partial charge < -0.3 is 19.5 Å². The number of ketones is 1. The quantitative estimate of drug-likeness (QED) is 0.229. The van der Waals surface area contributed by atoms with E-state index in [-0.39, 0.29) is 21.9 Å². The highest BCUT2D eigenvalue weighted by Crippen LogP contribution is 2.44. The molecule has 192 valence electrons. The van der Waals surface area contributed by atoms with Crippen molar-refractivity contribution < 1.29 is 24.2 Å². The average molecular weight is 521 g/mol. The third-order valence-corrected chi connectivity index (χ3v) is 6.43. The lowest BCUT2D eigenvalue weighted by atomic mass is 9.94. The van der Waals surface area contributed by atoms with Gasteiger partial charge in [0.05, 0.1) is 29.9 Å². The smallest absolute Gasteiger partial charge is 0.300 e. The molecule has 1 aliphatic rings. The molecular formula is C29H29ClN2O5. The largest absolute Gasteiger partial charge is 0.507 e. The molecule has 0 radical (unpaired) electrons. The number of aliphatic hydroxyl groups excluding tert-OH is 1. The third kappa shape index (κ3) is 5.13. The van der Waals surface area contributed by atoms with Gasteiger partial charge in [-0.2, -0.15) is 0 Å². The van der Waals surface area contributed by atoms with Crippen molar-refractivity contribution in [1.82, 2.24) is 0 Å². The lowest BCUT2D eigenvalue weighted by molar-refractivity contribution is -0.132. The van der Waals surface area contributed by atoms with Gasteiger partial charge in [0, 0.05) is 31.0 Å². The van der Waals surface area contributed by atoms with Crippen LogP contribution in [-0.2, 0) is 9.59 Å². The van der Waals surface area contributed by atoms with Gasteiger partial charge in [-0.25, -0.2) is 0 Å². The Morgan fingerprint density at radius 2 is 1.51 bits per heavy atom. The van der Waals surface area contributed by atoms with Crippen LogP contribution in [0.4, 0.5) is 11.4 Å². The number of amides is 1. The van der Waals surface area contributed by atoms with E-state index >= 15 is 0 Å². The molecule has 3 aromatic rings. The Bertz CT molecular complexity index is 1330. The number of carbonyl (C=O) groups excluding carboxylic acids is 2. The molecule has 1 N–H and O–H groups in total.